The van der Waals surface area contributed by atoms with Crippen molar-refractivity contribution in [2.24, 2.45) is 0 Å². The maximum Gasteiger partial charge on any atom is 0.251 e. The van der Waals surface area contributed by atoms with Crippen molar-refractivity contribution in [3.63, 3.8) is 0 Å². The van der Waals surface area contributed by atoms with E-state index in [-0.39, 0.29) is 35.5 Å². The van der Waals surface area contributed by atoms with Crippen molar-refractivity contribution in [3.05, 3.63) is 138 Å². The van der Waals surface area contributed by atoms with E-state index in [2.05, 4.69) is 15.7 Å². The highest BCUT2D eigenvalue weighted by Crippen LogP contribution is 2.28. The van der Waals surface area contributed by atoms with E-state index in [0.717, 1.165) is 16.1 Å². The van der Waals surface area contributed by atoms with Gasteiger partial charge in [0.15, 0.2) is 0 Å². The third-order valence-corrected chi connectivity index (χ3v) is 9.53. The molecule has 4 aromatic carbocycles. The van der Waals surface area contributed by atoms with Crippen molar-refractivity contribution in [1.82, 2.24) is 20.4 Å². The van der Waals surface area contributed by atoms with E-state index in [9.17, 15) is 32.6 Å². The van der Waals surface area contributed by atoms with Crippen molar-refractivity contribution >= 4 is 27.5 Å². The molecule has 3 atom stereocenters. The summed E-state index contributed by atoms with van der Waals surface area (Å²) in [4.78, 5) is 27.3. The van der Waals surface area contributed by atoms with Gasteiger partial charge in [0.2, 0.25) is 10.0 Å². The van der Waals surface area contributed by atoms with Crippen molar-refractivity contribution < 1.29 is 32.6 Å². The first-order valence-electron chi connectivity index (χ1n) is 15.8. The number of anilines is 1. The van der Waals surface area contributed by atoms with E-state index < -0.39 is 45.8 Å². The Kier molecular flexibility index (Phi) is 11.0. The Bertz CT molecular complexity index is 2070. The van der Waals surface area contributed by atoms with Crippen LogP contribution in [0.25, 0.3) is 11.1 Å². The molecular weight excluding hydrogens is 662 g/mol. The van der Waals surface area contributed by atoms with Crippen molar-refractivity contribution in [2.45, 2.75) is 38.1 Å². The number of hydrogen-bond donors (Lipinski definition) is 4. The Balaban J connectivity index is 1.42. The molecule has 260 valence electrons. The number of para-hydroxylation sites is 1. The van der Waals surface area contributed by atoms with Crippen molar-refractivity contribution in [3.8, 4) is 16.9 Å². The van der Waals surface area contributed by atoms with Crippen LogP contribution >= 0.6 is 0 Å². The van der Waals surface area contributed by atoms with Gasteiger partial charge >= 0.3 is 0 Å². The van der Waals surface area contributed by atoms with Crippen LogP contribution in [0.3, 0.4) is 0 Å². The summed E-state index contributed by atoms with van der Waals surface area (Å²) in [5, 5.41) is 31.8. The maximum atomic E-state index is 13.9. The summed E-state index contributed by atoms with van der Waals surface area (Å²) in [5.41, 5.74) is 2.79. The first-order chi connectivity index (χ1) is 23.8. The highest BCUT2D eigenvalue weighted by molar-refractivity contribution is 7.92. The van der Waals surface area contributed by atoms with E-state index in [1.165, 1.54) is 42.1 Å². The zero-order valence-electron chi connectivity index (χ0n) is 27.7. The third kappa shape index (κ3) is 8.92. The van der Waals surface area contributed by atoms with Crippen LogP contribution in [-0.2, 0) is 23.0 Å². The number of sulfonamides is 1. The monoisotopic (exact) mass is 699 g/mol. The summed E-state index contributed by atoms with van der Waals surface area (Å²) in [5.74, 6) is -1.57. The van der Waals surface area contributed by atoms with Gasteiger partial charge in [0.1, 0.15) is 11.6 Å². The topological polar surface area (TPSA) is 154 Å². The smallest absolute Gasteiger partial charge is 0.251 e. The minimum Gasteiger partial charge on any atom is -0.507 e. The SMILES string of the molecule is C[C@@H](NC(=O)c1cc(C(=O)N[C@@H](Cc2ccccc2)[C@@H](O)Cn2cc(-c3ccccc3O)cn2)cc(N(C)S(C)(=O)=O)c1)c1ccc(F)cc1. The summed E-state index contributed by atoms with van der Waals surface area (Å²) in [6.45, 7) is 1.71. The van der Waals surface area contributed by atoms with Crippen LogP contribution in [0.1, 0.15) is 44.8 Å². The van der Waals surface area contributed by atoms with Gasteiger partial charge in [-0.1, -0.05) is 60.7 Å². The molecule has 1 aromatic heterocycles. The van der Waals surface area contributed by atoms with Gasteiger partial charge < -0.3 is 20.8 Å². The van der Waals surface area contributed by atoms with Crippen LogP contribution in [0.2, 0.25) is 0 Å². The average molecular weight is 700 g/mol. The maximum absolute atomic E-state index is 13.9. The molecule has 11 nitrogen and oxygen atoms in total. The number of aliphatic hydroxyl groups excluding tert-OH is 1. The van der Waals surface area contributed by atoms with Crippen LogP contribution in [0.4, 0.5) is 10.1 Å². The number of amides is 2. The molecule has 0 saturated carbocycles. The molecule has 0 spiro atoms. The van der Waals surface area contributed by atoms with Crippen LogP contribution in [0.5, 0.6) is 5.75 Å². The summed E-state index contributed by atoms with van der Waals surface area (Å²) in [7, 11) is -2.46. The number of phenols is 1. The molecule has 5 aromatic rings. The number of carbonyl (C=O) groups is 2. The Morgan fingerprint density at radius 2 is 1.54 bits per heavy atom. The van der Waals surface area contributed by atoms with E-state index >= 15 is 0 Å². The second-order valence-electron chi connectivity index (χ2n) is 12.1. The number of rotatable bonds is 13. The largest absolute Gasteiger partial charge is 0.507 e. The molecule has 0 aliphatic heterocycles. The van der Waals surface area contributed by atoms with Gasteiger partial charge in [0.25, 0.3) is 11.8 Å². The standard InChI is InChI=1S/C37H38FN5O6S/c1-24(26-13-15-30(38)16-14-26)40-36(46)27-18-28(20-31(19-27)42(2)50(3,48)49)37(47)41-33(17-25-9-5-4-6-10-25)35(45)23-43-22-29(21-39-43)32-11-7-8-12-34(32)44/h4-16,18-22,24,33,35,44-45H,17,23H2,1-3H3,(H,40,46)(H,41,47)/t24-,33+,35+/m1/s1. The van der Waals surface area contributed by atoms with E-state index in [4.69, 9.17) is 0 Å². The normalized spacial score (nSPS) is 13.2. The number of aromatic nitrogens is 2. The van der Waals surface area contributed by atoms with E-state index in [1.54, 1.807) is 55.7 Å². The molecule has 0 radical (unpaired) electrons. The summed E-state index contributed by atoms with van der Waals surface area (Å²) in [6, 6.07) is 24.4. The van der Waals surface area contributed by atoms with Crippen LogP contribution in [0.15, 0.2) is 109 Å². The minimum atomic E-state index is -3.77. The molecule has 2 amide bonds. The Morgan fingerprint density at radius 3 is 2.18 bits per heavy atom. The molecule has 0 bridgehead atoms. The zero-order valence-corrected chi connectivity index (χ0v) is 28.5. The highest BCUT2D eigenvalue weighted by Gasteiger charge is 2.26. The van der Waals surface area contributed by atoms with Gasteiger partial charge in [0, 0.05) is 35.5 Å². The minimum absolute atomic E-state index is 0.00282. The number of benzene rings is 4. The average Bonchev–Trinajstić information content (AvgIpc) is 3.55. The first-order valence-corrected chi connectivity index (χ1v) is 17.6. The van der Waals surface area contributed by atoms with Gasteiger partial charge in [0.05, 0.1) is 42.9 Å². The number of aromatic hydroxyl groups is 1. The molecule has 13 heteroatoms. The fraction of sp³-hybridized carbons (Fsp3) is 0.216. The van der Waals surface area contributed by atoms with Crippen LogP contribution < -0.4 is 14.9 Å². The Labute approximate surface area is 290 Å². The predicted molar refractivity (Wildman–Crippen MR) is 189 cm³/mol. The number of halogens is 1. The second kappa shape index (κ2) is 15.3. The van der Waals surface area contributed by atoms with Gasteiger partial charge in [-0.3, -0.25) is 18.6 Å². The van der Waals surface area contributed by atoms with Gasteiger partial charge in [-0.15, -0.1) is 0 Å². The zero-order chi connectivity index (χ0) is 36.0. The van der Waals surface area contributed by atoms with Crippen LogP contribution in [0, 0.1) is 5.82 Å². The van der Waals surface area contributed by atoms with Crippen molar-refractivity contribution in [2.75, 3.05) is 17.6 Å². The quantitative estimate of drug-likeness (QED) is 0.139. The lowest BCUT2D eigenvalue weighted by molar-refractivity contribution is 0.0780. The van der Waals surface area contributed by atoms with Gasteiger partial charge in [-0.25, -0.2) is 12.8 Å². The van der Waals surface area contributed by atoms with Crippen LogP contribution in [-0.4, -0.2) is 65.7 Å². The molecule has 50 heavy (non-hydrogen) atoms. The fourth-order valence-corrected chi connectivity index (χ4v) is 5.89. The summed E-state index contributed by atoms with van der Waals surface area (Å²) < 4.78 is 40.9. The molecule has 0 fully saturated rings. The number of carbonyl (C=O) groups excluding carboxylic acids is 2. The number of phenolic OH excluding ortho intramolecular Hbond substituents is 1. The molecule has 4 N–H and O–H groups in total. The van der Waals surface area contributed by atoms with E-state index in [1.807, 2.05) is 30.3 Å². The third-order valence-electron chi connectivity index (χ3n) is 8.32. The van der Waals surface area contributed by atoms with Crippen molar-refractivity contribution in [1.29, 1.82) is 0 Å². The number of nitrogens with one attached hydrogen (secondary N) is 2. The molecule has 0 unspecified atom stereocenters. The second-order valence-corrected chi connectivity index (χ2v) is 14.1. The number of hydrogen-bond acceptors (Lipinski definition) is 7. The number of nitrogens with zero attached hydrogens (tertiary/aromatic N) is 3. The van der Waals surface area contributed by atoms with E-state index in [0.29, 0.717) is 16.7 Å². The summed E-state index contributed by atoms with van der Waals surface area (Å²) >= 11 is 0. The summed E-state index contributed by atoms with van der Waals surface area (Å²) in [6.07, 6.45) is 3.36. The lowest BCUT2D eigenvalue weighted by Gasteiger charge is -2.25. The van der Waals surface area contributed by atoms with Gasteiger partial charge in [-0.05, 0) is 60.9 Å². The molecule has 0 aliphatic carbocycles. The first kappa shape index (κ1) is 35.8. The Morgan fingerprint density at radius 1 is 0.920 bits per heavy atom. The molecule has 1 heterocycles. The lowest BCUT2D eigenvalue weighted by atomic mass is 10.00. The molecule has 5 rings (SSSR count). The fourth-order valence-electron chi connectivity index (χ4n) is 5.40. The lowest BCUT2D eigenvalue weighted by Crippen LogP contribution is -2.46. The predicted octanol–water partition coefficient (Wildman–Crippen LogP) is 4.68. The Hall–Kier alpha value is -5.53. The molecule has 0 aliphatic rings. The number of aliphatic hydroxyl groups is 1. The van der Waals surface area contributed by atoms with Gasteiger partial charge in [-0.2, -0.15) is 5.10 Å². The molecule has 0 saturated heterocycles. The highest BCUT2D eigenvalue weighted by atomic mass is 32.2. The molecular formula is C37H38FN5O6S.